The molecule has 0 radical (unpaired) electrons. The van der Waals surface area contributed by atoms with Gasteiger partial charge < -0.3 is 20.0 Å². The Morgan fingerprint density at radius 3 is 1.46 bits per heavy atom. The molecule has 0 atom stereocenters. The van der Waals surface area contributed by atoms with E-state index in [9.17, 15) is 31.0 Å². The molecular formula is C38H31N7O7S2. The van der Waals surface area contributed by atoms with Crippen LogP contribution in [0.5, 0.6) is 5.75 Å². The Kier molecular flexibility index (Phi) is 8.22. The van der Waals surface area contributed by atoms with Crippen LogP contribution in [0.3, 0.4) is 0 Å². The quantitative estimate of drug-likeness (QED) is 0.0662. The number of nitrogen functional groups attached to an aromatic ring is 1. The maximum Gasteiger partial charge on any atom is 0.296 e. The van der Waals surface area contributed by atoms with Crippen LogP contribution in [0.25, 0.3) is 54.4 Å². The molecule has 0 aliphatic rings. The third kappa shape index (κ3) is 5.63. The number of phenols is 1. The van der Waals surface area contributed by atoms with Crippen molar-refractivity contribution in [3.8, 4) is 5.75 Å². The van der Waals surface area contributed by atoms with E-state index in [1.54, 1.807) is 24.3 Å². The Hall–Kier alpha value is -6.20. The molecule has 54 heavy (non-hydrogen) atoms. The zero-order valence-electron chi connectivity index (χ0n) is 28.7. The van der Waals surface area contributed by atoms with Crippen LogP contribution < -0.4 is 5.73 Å². The molecule has 0 spiro atoms. The first kappa shape index (κ1) is 34.9. The Labute approximate surface area is 308 Å². The van der Waals surface area contributed by atoms with Crippen molar-refractivity contribution in [3.05, 3.63) is 97.1 Å². The van der Waals surface area contributed by atoms with Crippen molar-refractivity contribution in [3.63, 3.8) is 0 Å². The van der Waals surface area contributed by atoms with E-state index >= 15 is 0 Å². The van der Waals surface area contributed by atoms with Crippen molar-refractivity contribution < 1.29 is 31.0 Å². The first-order valence-electron chi connectivity index (χ1n) is 16.7. The third-order valence-electron chi connectivity index (χ3n) is 9.55. The fourth-order valence-corrected chi connectivity index (χ4v) is 8.54. The predicted molar refractivity (Wildman–Crippen MR) is 208 cm³/mol. The van der Waals surface area contributed by atoms with E-state index in [0.29, 0.717) is 11.4 Å². The van der Waals surface area contributed by atoms with Crippen molar-refractivity contribution in [2.75, 3.05) is 5.73 Å². The molecule has 2 aromatic heterocycles. The zero-order chi connectivity index (χ0) is 38.1. The summed E-state index contributed by atoms with van der Waals surface area (Å²) in [5, 5.41) is 31.4. The number of aromatic hydroxyl groups is 1. The highest BCUT2D eigenvalue weighted by molar-refractivity contribution is 7.86. The van der Waals surface area contributed by atoms with E-state index in [2.05, 4.69) is 29.6 Å². The maximum absolute atomic E-state index is 12.6. The van der Waals surface area contributed by atoms with Crippen LogP contribution in [0.1, 0.15) is 13.8 Å². The van der Waals surface area contributed by atoms with Crippen LogP contribution in [0.4, 0.5) is 28.4 Å². The Bertz CT molecular complexity index is 2960. The van der Waals surface area contributed by atoms with Crippen molar-refractivity contribution in [2.24, 2.45) is 20.5 Å². The van der Waals surface area contributed by atoms with E-state index in [-0.39, 0.29) is 10.8 Å². The zero-order valence-corrected chi connectivity index (χ0v) is 30.3. The van der Waals surface area contributed by atoms with E-state index in [1.807, 2.05) is 74.5 Å². The second-order valence-corrected chi connectivity index (χ2v) is 15.4. The van der Waals surface area contributed by atoms with E-state index < -0.39 is 52.8 Å². The molecule has 16 heteroatoms. The Morgan fingerprint density at radius 2 is 1.00 bits per heavy atom. The minimum Gasteiger partial charge on any atom is -0.505 e. The number of anilines is 1. The highest BCUT2D eigenvalue weighted by Gasteiger charge is 2.28. The molecule has 8 aromatic rings. The second-order valence-electron chi connectivity index (χ2n) is 12.6. The molecule has 6 aromatic carbocycles. The normalized spacial score (nSPS) is 12.9. The number of phenolic OH excluding ortho intramolecular Hbond substituents is 1. The van der Waals surface area contributed by atoms with Gasteiger partial charge in [-0.1, -0.05) is 36.4 Å². The number of hydrogen-bond donors (Lipinski definition) is 4. The number of nitrogens with two attached hydrogens (primary N) is 1. The summed E-state index contributed by atoms with van der Waals surface area (Å²) < 4.78 is 75.2. The van der Waals surface area contributed by atoms with Crippen molar-refractivity contribution in [2.45, 2.75) is 36.7 Å². The van der Waals surface area contributed by atoms with Crippen molar-refractivity contribution in [1.82, 2.24) is 9.13 Å². The van der Waals surface area contributed by atoms with Gasteiger partial charge in [-0.15, -0.1) is 10.2 Å². The lowest BCUT2D eigenvalue weighted by Crippen LogP contribution is -2.03. The number of para-hydroxylation sites is 2. The van der Waals surface area contributed by atoms with Crippen LogP contribution >= 0.6 is 0 Å². The molecular weight excluding hydrogens is 731 g/mol. The van der Waals surface area contributed by atoms with Gasteiger partial charge in [-0.05, 0) is 79.9 Å². The number of azo groups is 2. The van der Waals surface area contributed by atoms with Gasteiger partial charge in [0.2, 0.25) is 0 Å². The molecule has 2 heterocycles. The van der Waals surface area contributed by atoms with Crippen LogP contribution in [-0.4, -0.2) is 40.2 Å². The fraction of sp³-hybridized carbons (Fsp3) is 0.105. The van der Waals surface area contributed by atoms with Crippen molar-refractivity contribution >= 4 is 103 Å². The number of aryl methyl sites for hydroxylation is 2. The summed E-state index contributed by atoms with van der Waals surface area (Å²) in [6.07, 6.45) is 0. The van der Waals surface area contributed by atoms with Gasteiger partial charge in [-0.25, -0.2) is 0 Å². The molecule has 0 fully saturated rings. The molecule has 0 amide bonds. The number of rotatable bonds is 8. The summed E-state index contributed by atoms with van der Waals surface area (Å²) in [7, 11) is -10.1. The molecule has 0 saturated carbocycles. The lowest BCUT2D eigenvalue weighted by Gasteiger charge is -2.14. The van der Waals surface area contributed by atoms with E-state index in [0.717, 1.165) is 68.8 Å². The average Bonchev–Trinajstić information content (AvgIpc) is 3.64. The predicted octanol–water partition coefficient (Wildman–Crippen LogP) is 9.71. The summed E-state index contributed by atoms with van der Waals surface area (Å²) >= 11 is 0. The van der Waals surface area contributed by atoms with Gasteiger partial charge >= 0.3 is 0 Å². The monoisotopic (exact) mass is 761 g/mol. The first-order chi connectivity index (χ1) is 25.8. The minimum atomic E-state index is -5.08. The van der Waals surface area contributed by atoms with Gasteiger partial charge in [0.1, 0.15) is 21.2 Å². The molecule has 0 saturated heterocycles. The maximum atomic E-state index is 12.6. The number of nitrogens with zero attached hydrogens (tertiary/aromatic N) is 6. The fourth-order valence-electron chi connectivity index (χ4n) is 7.21. The highest BCUT2D eigenvalue weighted by Crippen LogP contribution is 2.48. The number of aromatic nitrogens is 2. The minimum absolute atomic E-state index is 0.259. The molecule has 0 aliphatic carbocycles. The number of benzene rings is 6. The number of hydrogen-bond acceptors (Lipinski definition) is 10. The Morgan fingerprint density at radius 1 is 0.574 bits per heavy atom. The molecule has 0 aliphatic heterocycles. The van der Waals surface area contributed by atoms with Gasteiger partial charge in [0.05, 0.1) is 22.4 Å². The second kappa shape index (κ2) is 12.7. The largest absolute Gasteiger partial charge is 0.505 e. The van der Waals surface area contributed by atoms with Crippen LogP contribution in [0.2, 0.25) is 0 Å². The topological polar surface area (TPSA) is 214 Å². The summed E-state index contributed by atoms with van der Waals surface area (Å²) in [5.74, 6) is -0.836. The summed E-state index contributed by atoms with van der Waals surface area (Å²) in [4.78, 5) is -1.69. The molecule has 5 N–H and O–H groups in total. The summed E-state index contributed by atoms with van der Waals surface area (Å²) in [6.45, 7) is 5.50. The average molecular weight is 762 g/mol. The van der Waals surface area contributed by atoms with Gasteiger partial charge in [-0.2, -0.15) is 27.1 Å². The number of fused-ring (bicyclic) bond motifs is 7. The molecule has 14 nitrogen and oxygen atoms in total. The molecule has 0 bridgehead atoms. The smallest absolute Gasteiger partial charge is 0.296 e. The van der Waals surface area contributed by atoms with Gasteiger partial charge in [0.15, 0.2) is 5.75 Å². The van der Waals surface area contributed by atoms with Crippen LogP contribution in [0.15, 0.2) is 127 Å². The molecule has 8 rings (SSSR count). The van der Waals surface area contributed by atoms with E-state index in [4.69, 9.17) is 5.73 Å². The van der Waals surface area contributed by atoms with Gasteiger partial charge in [0.25, 0.3) is 20.2 Å². The molecule has 0 unspecified atom stereocenters. The SMILES string of the molecule is CCn1c2ccccc2c2cc(N=Nc3c(S(=O)(=O)O)cc4cc(S(=O)(=O)O)c(N=Nc5ccc6c(c5)c5ccccc5n6CC)c(O)c4c3N)ccc21. The highest BCUT2D eigenvalue weighted by atomic mass is 32.2. The standard InChI is InChI=1S/C38H31N7O7S2/c1-3-44-28-11-7-5-9-24(28)26-19-22(13-15-30(26)44)40-42-36-32(53(47,48)49)17-21-18-33(54(50,51)52)37(38(46)34(21)35(36)39)43-41-23-14-16-31-27(20-23)25-10-6-8-12-29(25)45(31)4-2/h5-20,46H,3-4,39H2,1-2H3,(H,47,48,49)(H,50,51,52). The summed E-state index contributed by atoms with van der Waals surface area (Å²) in [6, 6.07) is 28.0. The van der Waals surface area contributed by atoms with Crippen molar-refractivity contribution in [1.29, 1.82) is 0 Å². The van der Waals surface area contributed by atoms with Gasteiger partial charge in [-0.3, -0.25) is 9.11 Å². The summed E-state index contributed by atoms with van der Waals surface area (Å²) in [5.41, 5.74) is 9.40. The molecule has 272 valence electrons. The third-order valence-corrected chi connectivity index (χ3v) is 11.3. The lowest BCUT2D eigenvalue weighted by molar-refractivity contribution is 0.472. The first-order valence-corrected chi connectivity index (χ1v) is 19.6. The lowest BCUT2D eigenvalue weighted by atomic mass is 10.1. The Balaban J connectivity index is 1.29. The van der Waals surface area contributed by atoms with Crippen LogP contribution in [-0.2, 0) is 33.3 Å². The van der Waals surface area contributed by atoms with Crippen LogP contribution in [0, 0.1) is 0 Å². The van der Waals surface area contributed by atoms with Gasteiger partial charge in [0, 0.05) is 56.7 Å². The van der Waals surface area contributed by atoms with E-state index in [1.165, 1.54) is 0 Å².